The molecule has 1 saturated heterocycles. The first kappa shape index (κ1) is 15.6. The average Bonchev–Trinajstić information content (AvgIpc) is 2.75. The molecule has 1 heterocycles. The molecule has 116 valence electrons. The normalized spacial score (nSPS) is 17.9. The molecule has 2 rings (SSSR count). The summed E-state index contributed by atoms with van der Waals surface area (Å²) in [7, 11) is 0. The Morgan fingerprint density at radius 3 is 2.29 bits per heavy atom. The van der Waals surface area contributed by atoms with Gasteiger partial charge in [-0.25, -0.2) is 5.01 Å². The fourth-order valence-corrected chi connectivity index (χ4v) is 2.23. The monoisotopic (exact) mass is 302 g/mol. The van der Waals surface area contributed by atoms with Crippen LogP contribution in [-0.2, 0) is 4.79 Å². The molecule has 0 spiro atoms. The predicted molar refractivity (Wildman–Crippen MR) is 70.5 cm³/mol. The summed E-state index contributed by atoms with van der Waals surface area (Å²) in [6.45, 7) is 3.71. The van der Waals surface area contributed by atoms with Crippen molar-refractivity contribution in [2.75, 3.05) is 6.54 Å². The summed E-state index contributed by atoms with van der Waals surface area (Å²) in [5.74, 6) is 0.115. The SMILES string of the molecule is CC(C)Oc1ccc(C(N2CCC(=O)N2)C(F)(F)F)cc1. The van der Waals surface area contributed by atoms with E-state index in [1.165, 1.54) is 24.3 Å². The maximum atomic E-state index is 13.3. The number of carbonyl (C=O) groups excluding carboxylic acids is 1. The number of amides is 1. The van der Waals surface area contributed by atoms with Crippen molar-refractivity contribution in [3.05, 3.63) is 29.8 Å². The Labute approximate surface area is 120 Å². The summed E-state index contributed by atoms with van der Waals surface area (Å²) in [5.41, 5.74) is 2.32. The number of hydrogen-bond acceptors (Lipinski definition) is 3. The highest BCUT2D eigenvalue weighted by molar-refractivity contribution is 5.77. The molecular formula is C14H17F3N2O2. The van der Waals surface area contributed by atoms with E-state index in [9.17, 15) is 18.0 Å². The molecule has 1 aromatic carbocycles. The summed E-state index contributed by atoms with van der Waals surface area (Å²) in [4.78, 5) is 11.2. The first-order valence-corrected chi connectivity index (χ1v) is 6.67. The van der Waals surface area contributed by atoms with E-state index in [0.717, 1.165) is 5.01 Å². The lowest BCUT2D eigenvalue weighted by molar-refractivity contribution is -0.191. The lowest BCUT2D eigenvalue weighted by Crippen LogP contribution is -2.43. The number of carbonyl (C=O) groups is 1. The van der Waals surface area contributed by atoms with E-state index >= 15 is 0 Å². The molecule has 1 aliphatic rings. The number of halogens is 3. The van der Waals surface area contributed by atoms with Crippen LogP contribution in [-0.4, -0.2) is 29.7 Å². The van der Waals surface area contributed by atoms with Gasteiger partial charge < -0.3 is 4.74 Å². The van der Waals surface area contributed by atoms with Crippen molar-refractivity contribution in [3.8, 4) is 5.75 Å². The zero-order valence-electron chi connectivity index (χ0n) is 11.8. The van der Waals surface area contributed by atoms with Crippen molar-refractivity contribution >= 4 is 5.91 Å². The highest BCUT2D eigenvalue weighted by atomic mass is 19.4. The van der Waals surface area contributed by atoms with Gasteiger partial charge >= 0.3 is 6.18 Å². The van der Waals surface area contributed by atoms with Gasteiger partial charge in [0.2, 0.25) is 5.91 Å². The Balaban J connectivity index is 2.23. The minimum absolute atomic E-state index is 0.0350. The highest BCUT2D eigenvalue weighted by Crippen LogP contribution is 2.38. The van der Waals surface area contributed by atoms with Gasteiger partial charge in [0.25, 0.3) is 0 Å². The Morgan fingerprint density at radius 1 is 1.24 bits per heavy atom. The lowest BCUT2D eigenvalue weighted by Gasteiger charge is -2.29. The molecule has 0 aliphatic carbocycles. The van der Waals surface area contributed by atoms with E-state index < -0.39 is 18.1 Å². The largest absolute Gasteiger partial charge is 0.491 e. The van der Waals surface area contributed by atoms with Crippen LogP contribution >= 0.6 is 0 Å². The first-order valence-electron chi connectivity index (χ1n) is 6.67. The number of rotatable bonds is 4. The molecule has 0 bridgehead atoms. The molecule has 1 atom stereocenters. The van der Waals surface area contributed by atoms with Crippen LogP contribution in [0.25, 0.3) is 0 Å². The first-order chi connectivity index (χ1) is 9.77. The standard InChI is InChI=1S/C14H17F3N2O2/c1-9(2)21-11-5-3-10(4-6-11)13(14(15,16)17)19-8-7-12(20)18-19/h3-6,9,13H,7-8H2,1-2H3,(H,18,20). The van der Waals surface area contributed by atoms with Crippen LogP contribution in [0.3, 0.4) is 0 Å². The second-order valence-corrected chi connectivity index (χ2v) is 5.16. The van der Waals surface area contributed by atoms with Gasteiger partial charge in [0.05, 0.1) is 6.10 Å². The average molecular weight is 302 g/mol. The van der Waals surface area contributed by atoms with E-state index in [1.807, 2.05) is 13.8 Å². The molecule has 0 radical (unpaired) electrons. The maximum Gasteiger partial charge on any atom is 0.409 e. The minimum Gasteiger partial charge on any atom is -0.491 e. The Morgan fingerprint density at radius 2 is 1.86 bits per heavy atom. The molecule has 1 fully saturated rings. The van der Waals surface area contributed by atoms with Crippen molar-refractivity contribution in [1.29, 1.82) is 0 Å². The van der Waals surface area contributed by atoms with Crippen LogP contribution in [0.2, 0.25) is 0 Å². The second kappa shape index (κ2) is 5.93. The van der Waals surface area contributed by atoms with Crippen molar-refractivity contribution in [3.63, 3.8) is 0 Å². The third-order valence-corrected chi connectivity index (χ3v) is 3.04. The quantitative estimate of drug-likeness (QED) is 0.930. The summed E-state index contributed by atoms with van der Waals surface area (Å²) in [5, 5.41) is 0.931. The molecule has 1 N–H and O–H groups in total. The van der Waals surface area contributed by atoms with Gasteiger partial charge in [-0.3, -0.25) is 10.2 Å². The van der Waals surface area contributed by atoms with Gasteiger partial charge in [0, 0.05) is 13.0 Å². The molecule has 1 aromatic rings. The molecule has 1 unspecified atom stereocenters. The third kappa shape index (κ3) is 3.87. The van der Waals surface area contributed by atoms with Crippen molar-refractivity contribution < 1.29 is 22.7 Å². The molecule has 0 saturated carbocycles. The van der Waals surface area contributed by atoms with Crippen LogP contribution in [0.4, 0.5) is 13.2 Å². The van der Waals surface area contributed by atoms with Crippen molar-refractivity contribution in [2.45, 2.75) is 38.6 Å². The third-order valence-electron chi connectivity index (χ3n) is 3.04. The number of alkyl halides is 3. The fraction of sp³-hybridized carbons (Fsp3) is 0.500. The van der Waals surface area contributed by atoms with Crippen LogP contribution in [0.5, 0.6) is 5.75 Å². The van der Waals surface area contributed by atoms with Crippen molar-refractivity contribution in [1.82, 2.24) is 10.4 Å². The second-order valence-electron chi connectivity index (χ2n) is 5.16. The van der Waals surface area contributed by atoms with Gasteiger partial charge in [-0.05, 0) is 31.5 Å². The zero-order chi connectivity index (χ0) is 15.6. The minimum atomic E-state index is -4.47. The van der Waals surface area contributed by atoms with E-state index in [0.29, 0.717) is 5.75 Å². The van der Waals surface area contributed by atoms with Crippen molar-refractivity contribution in [2.24, 2.45) is 0 Å². The number of hydrazine groups is 1. The van der Waals surface area contributed by atoms with Crippen LogP contribution in [0.1, 0.15) is 31.9 Å². The summed E-state index contributed by atoms with van der Waals surface area (Å²) in [6, 6.07) is 3.91. The molecule has 1 aliphatic heterocycles. The Hall–Kier alpha value is -1.76. The molecule has 1 amide bonds. The van der Waals surface area contributed by atoms with Gasteiger partial charge in [-0.15, -0.1) is 0 Å². The van der Waals surface area contributed by atoms with Gasteiger partial charge in [-0.2, -0.15) is 13.2 Å². The number of nitrogens with one attached hydrogen (secondary N) is 1. The molecule has 4 nitrogen and oxygen atoms in total. The molecule has 0 aromatic heterocycles. The predicted octanol–water partition coefficient (Wildman–Crippen LogP) is 2.81. The number of ether oxygens (including phenoxy) is 1. The van der Waals surface area contributed by atoms with Crippen LogP contribution in [0, 0.1) is 0 Å². The topological polar surface area (TPSA) is 41.6 Å². The number of hydrogen-bond donors (Lipinski definition) is 1. The van der Waals surface area contributed by atoms with E-state index in [-0.39, 0.29) is 24.6 Å². The molecule has 21 heavy (non-hydrogen) atoms. The Kier molecular flexibility index (Phi) is 4.41. The summed E-state index contributed by atoms with van der Waals surface area (Å²) >= 11 is 0. The summed E-state index contributed by atoms with van der Waals surface area (Å²) < 4.78 is 45.2. The maximum absolute atomic E-state index is 13.3. The van der Waals surface area contributed by atoms with Gasteiger partial charge in [0.1, 0.15) is 11.8 Å². The molecular weight excluding hydrogens is 285 g/mol. The smallest absolute Gasteiger partial charge is 0.409 e. The van der Waals surface area contributed by atoms with Crippen LogP contribution in [0.15, 0.2) is 24.3 Å². The highest BCUT2D eigenvalue weighted by Gasteiger charge is 2.46. The van der Waals surface area contributed by atoms with E-state index in [2.05, 4.69) is 5.43 Å². The number of nitrogens with zero attached hydrogens (tertiary/aromatic N) is 1. The molecule has 7 heteroatoms. The zero-order valence-corrected chi connectivity index (χ0v) is 11.8. The van der Waals surface area contributed by atoms with Gasteiger partial charge in [-0.1, -0.05) is 12.1 Å². The van der Waals surface area contributed by atoms with Gasteiger partial charge in [0.15, 0.2) is 0 Å². The lowest BCUT2D eigenvalue weighted by atomic mass is 10.1. The Bertz CT molecular complexity index is 500. The van der Waals surface area contributed by atoms with E-state index in [4.69, 9.17) is 4.74 Å². The van der Waals surface area contributed by atoms with Crippen LogP contribution < -0.4 is 10.2 Å². The fourth-order valence-electron chi connectivity index (χ4n) is 2.23. The number of benzene rings is 1. The van der Waals surface area contributed by atoms with E-state index in [1.54, 1.807) is 0 Å². The summed E-state index contributed by atoms with van der Waals surface area (Å²) in [6.07, 6.45) is -4.45.